The van der Waals surface area contributed by atoms with Crippen LogP contribution in [0.2, 0.25) is 0 Å². The highest BCUT2D eigenvalue weighted by Gasteiger charge is 2.41. The van der Waals surface area contributed by atoms with Crippen molar-refractivity contribution in [2.24, 2.45) is 5.73 Å². The topological polar surface area (TPSA) is 102 Å². The summed E-state index contributed by atoms with van der Waals surface area (Å²) in [6, 6.07) is 11.6. The molecule has 3 aromatic rings. The molecule has 31 heavy (non-hydrogen) atoms. The molecule has 1 aliphatic carbocycles. The number of hydrogen-bond acceptors (Lipinski definition) is 4. The van der Waals surface area contributed by atoms with Crippen LogP contribution in [0.5, 0.6) is 0 Å². The van der Waals surface area contributed by atoms with Crippen molar-refractivity contribution in [3.05, 3.63) is 94.7 Å². The number of carbonyl (C=O) groups excluding carboxylic acids is 2. The predicted molar refractivity (Wildman–Crippen MR) is 111 cm³/mol. The highest BCUT2D eigenvalue weighted by Crippen LogP contribution is 2.42. The summed E-state index contributed by atoms with van der Waals surface area (Å²) in [4.78, 5) is 31.5. The molecule has 0 fully saturated rings. The molecule has 0 unspecified atom stereocenters. The first-order valence-electron chi connectivity index (χ1n) is 9.73. The lowest BCUT2D eigenvalue weighted by Gasteiger charge is -2.36. The van der Waals surface area contributed by atoms with Crippen molar-refractivity contribution in [2.45, 2.75) is 24.9 Å². The molecule has 0 spiro atoms. The Morgan fingerprint density at radius 2 is 1.84 bits per heavy atom. The molecule has 4 rings (SSSR count). The molecule has 2 atom stereocenters. The Morgan fingerprint density at radius 3 is 2.52 bits per heavy atom. The van der Waals surface area contributed by atoms with Gasteiger partial charge in [-0.3, -0.25) is 9.59 Å². The number of benzene rings is 2. The lowest BCUT2D eigenvalue weighted by atomic mass is 9.98. The molecule has 0 saturated carbocycles. The van der Waals surface area contributed by atoms with Crippen molar-refractivity contribution >= 4 is 17.6 Å². The van der Waals surface area contributed by atoms with E-state index in [1.54, 1.807) is 36.4 Å². The Morgan fingerprint density at radius 1 is 1.10 bits per heavy atom. The summed E-state index contributed by atoms with van der Waals surface area (Å²) in [6.07, 6.45) is 2.03. The van der Waals surface area contributed by atoms with Crippen molar-refractivity contribution in [1.82, 2.24) is 9.88 Å². The van der Waals surface area contributed by atoms with E-state index in [0.29, 0.717) is 29.5 Å². The Hall–Kier alpha value is -3.81. The van der Waals surface area contributed by atoms with Crippen LogP contribution >= 0.6 is 0 Å². The number of fused-ring (bicyclic) bond motifs is 1. The number of carbonyl (C=O) groups is 2. The van der Waals surface area contributed by atoms with Gasteiger partial charge in [0.25, 0.3) is 5.91 Å². The summed E-state index contributed by atoms with van der Waals surface area (Å²) < 4.78 is 28.5. The zero-order valence-corrected chi connectivity index (χ0v) is 16.5. The smallest absolute Gasteiger partial charge is 0.259 e. The first kappa shape index (κ1) is 20.5. The minimum absolute atomic E-state index is 0.0163. The van der Waals surface area contributed by atoms with Gasteiger partial charge in [-0.15, -0.1) is 0 Å². The molecule has 4 N–H and O–H groups in total. The summed E-state index contributed by atoms with van der Waals surface area (Å²) in [7, 11) is 0. The van der Waals surface area contributed by atoms with Gasteiger partial charge in [-0.2, -0.15) is 0 Å². The number of pyridine rings is 1. The van der Waals surface area contributed by atoms with Crippen LogP contribution in [0.1, 0.15) is 45.6 Å². The van der Waals surface area contributed by atoms with E-state index in [2.05, 4.69) is 4.98 Å². The van der Waals surface area contributed by atoms with Crippen LogP contribution in [-0.2, 0) is 11.2 Å². The van der Waals surface area contributed by atoms with Gasteiger partial charge in [-0.25, -0.2) is 13.8 Å². The largest absolute Gasteiger partial charge is 0.383 e. The van der Waals surface area contributed by atoms with E-state index >= 15 is 0 Å². The van der Waals surface area contributed by atoms with Crippen molar-refractivity contribution in [3.8, 4) is 0 Å². The van der Waals surface area contributed by atoms with Crippen LogP contribution in [0.3, 0.4) is 0 Å². The molecule has 0 saturated heterocycles. The van der Waals surface area contributed by atoms with E-state index in [0.717, 1.165) is 6.07 Å². The molecule has 8 heteroatoms. The lowest BCUT2D eigenvalue weighted by Crippen LogP contribution is -2.43. The molecular formula is C23H20F2N4O2. The fourth-order valence-electron chi connectivity index (χ4n) is 4.18. The summed E-state index contributed by atoms with van der Waals surface area (Å²) in [5.41, 5.74) is 12.9. The first-order chi connectivity index (χ1) is 14.9. The zero-order chi connectivity index (χ0) is 22.1. The maximum Gasteiger partial charge on any atom is 0.259 e. The average Bonchev–Trinajstić information content (AvgIpc) is 3.16. The molecule has 0 radical (unpaired) electrons. The van der Waals surface area contributed by atoms with Gasteiger partial charge in [0, 0.05) is 12.3 Å². The van der Waals surface area contributed by atoms with Gasteiger partial charge < -0.3 is 16.4 Å². The Balaban J connectivity index is 1.90. The molecule has 2 amide bonds. The molecule has 1 aliphatic rings. The van der Waals surface area contributed by atoms with Crippen LogP contribution in [0.15, 0.2) is 60.8 Å². The second kappa shape index (κ2) is 8.14. The molecule has 2 aromatic carbocycles. The maximum atomic E-state index is 14.4. The third-order valence-electron chi connectivity index (χ3n) is 5.52. The summed E-state index contributed by atoms with van der Waals surface area (Å²) in [6.45, 7) is 0. The van der Waals surface area contributed by atoms with Gasteiger partial charge in [0.05, 0.1) is 11.6 Å². The Kier molecular flexibility index (Phi) is 5.37. The number of primary amides is 1. The number of rotatable bonds is 5. The molecule has 6 nitrogen and oxygen atoms in total. The standard InChI is InChI=1S/C23H20F2N4O2/c24-14-11-17-15(18(25)12-14)8-9-19(17)29(23(31)16-7-4-10-28-21(16)26)20(22(27)30)13-5-2-1-3-6-13/h1-7,10-12,19-20H,8-9H2,(H2,26,28)(H2,27,30)/t19-,20-/m1/s1. The number of nitrogens with two attached hydrogens (primary N) is 2. The number of halogens is 2. The number of amides is 2. The van der Waals surface area contributed by atoms with Crippen LogP contribution in [0.25, 0.3) is 0 Å². The fraction of sp³-hybridized carbons (Fsp3) is 0.174. The van der Waals surface area contributed by atoms with E-state index < -0.39 is 35.5 Å². The van der Waals surface area contributed by atoms with E-state index in [4.69, 9.17) is 11.5 Å². The maximum absolute atomic E-state index is 14.4. The van der Waals surface area contributed by atoms with Gasteiger partial charge in [0.2, 0.25) is 5.91 Å². The Labute approximate surface area is 177 Å². The number of hydrogen-bond donors (Lipinski definition) is 2. The average molecular weight is 422 g/mol. The quantitative estimate of drug-likeness (QED) is 0.659. The molecule has 158 valence electrons. The van der Waals surface area contributed by atoms with Gasteiger partial charge in [-0.1, -0.05) is 30.3 Å². The van der Waals surface area contributed by atoms with Gasteiger partial charge >= 0.3 is 0 Å². The minimum atomic E-state index is -1.17. The second-order valence-electron chi connectivity index (χ2n) is 7.37. The van der Waals surface area contributed by atoms with E-state index in [9.17, 15) is 18.4 Å². The summed E-state index contributed by atoms with van der Waals surface area (Å²) in [5, 5.41) is 0. The van der Waals surface area contributed by atoms with E-state index in [-0.39, 0.29) is 11.4 Å². The molecule has 0 bridgehead atoms. The SMILES string of the molecule is NC(=O)[C@@H](c1ccccc1)N(C(=O)c1cccnc1N)[C@@H]1CCc2c(F)cc(F)cc21. The predicted octanol–water partition coefficient (Wildman–Crippen LogP) is 3.30. The fourth-order valence-corrected chi connectivity index (χ4v) is 4.18. The third kappa shape index (κ3) is 3.72. The summed E-state index contributed by atoms with van der Waals surface area (Å²) in [5.74, 6) is -2.82. The van der Waals surface area contributed by atoms with E-state index in [1.165, 1.54) is 23.2 Å². The molecule has 1 aromatic heterocycles. The number of anilines is 1. The zero-order valence-electron chi connectivity index (χ0n) is 16.5. The highest BCUT2D eigenvalue weighted by atomic mass is 19.1. The van der Waals surface area contributed by atoms with Gasteiger partial charge in [0.15, 0.2) is 0 Å². The van der Waals surface area contributed by atoms with Crippen LogP contribution in [0, 0.1) is 11.6 Å². The monoisotopic (exact) mass is 422 g/mol. The first-order valence-corrected chi connectivity index (χ1v) is 9.73. The van der Waals surface area contributed by atoms with Crippen molar-refractivity contribution in [3.63, 3.8) is 0 Å². The Bertz CT molecular complexity index is 1150. The van der Waals surface area contributed by atoms with E-state index in [1.807, 2.05) is 0 Å². The minimum Gasteiger partial charge on any atom is -0.383 e. The normalized spacial score (nSPS) is 15.9. The highest BCUT2D eigenvalue weighted by molar-refractivity contribution is 6.01. The van der Waals surface area contributed by atoms with Crippen LogP contribution in [-0.4, -0.2) is 21.7 Å². The molecule has 0 aliphatic heterocycles. The second-order valence-corrected chi connectivity index (χ2v) is 7.37. The van der Waals surface area contributed by atoms with Gasteiger partial charge in [0.1, 0.15) is 23.5 Å². The molecular weight excluding hydrogens is 402 g/mol. The van der Waals surface area contributed by atoms with Crippen molar-refractivity contribution in [2.75, 3.05) is 5.73 Å². The number of nitrogen functional groups attached to an aromatic ring is 1. The molecule has 1 heterocycles. The van der Waals surface area contributed by atoms with Crippen molar-refractivity contribution < 1.29 is 18.4 Å². The number of nitrogens with zero attached hydrogens (tertiary/aromatic N) is 2. The van der Waals surface area contributed by atoms with Crippen molar-refractivity contribution in [1.29, 1.82) is 0 Å². The third-order valence-corrected chi connectivity index (χ3v) is 5.52. The lowest BCUT2D eigenvalue weighted by molar-refractivity contribution is -0.123. The van der Waals surface area contributed by atoms with Crippen LogP contribution in [0.4, 0.5) is 14.6 Å². The van der Waals surface area contributed by atoms with Crippen LogP contribution < -0.4 is 11.5 Å². The number of aromatic nitrogens is 1. The van der Waals surface area contributed by atoms with Gasteiger partial charge in [-0.05, 0) is 47.7 Å². The summed E-state index contributed by atoms with van der Waals surface area (Å²) >= 11 is 0.